The van der Waals surface area contributed by atoms with Crippen LogP contribution in [0.4, 0.5) is 0 Å². The van der Waals surface area contributed by atoms with E-state index >= 15 is 0 Å². The number of fused-ring (bicyclic) bond motifs is 1. The summed E-state index contributed by atoms with van der Waals surface area (Å²) < 4.78 is 37.3. The summed E-state index contributed by atoms with van der Waals surface area (Å²) in [7, 11) is -3.76. The molecule has 206 valence electrons. The molecule has 2 aromatic heterocycles. The third-order valence-corrected chi connectivity index (χ3v) is 9.74. The molecule has 5 aromatic rings. The Morgan fingerprint density at radius 1 is 1.02 bits per heavy atom. The van der Waals surface area contributed by atoms with Crippen molar-refractivity contribution >= 4 is 43.2 Å². The fourth-order valence-electron chi connectivity index (χ4n) is 4.99. The fourth-order valence-corrected chi connectivity index (χ4v) is 7.56. The first-order valence-corrected chi connectivity index (χ1v) is 15.5. The Balaban J connectivity index is 1.46. The van der Waals surface area contributed by atoms with Crippen molar-refractivity contribution < 1.29 is 13.2 Å². The van der Waals surface area contributed by atoms with Gasteiger partial charge in [-0.05, 0) is 56.3 Å². The zero-order valence-corrected chi connectivity index (χ0v) is 24.1. The minimum absolute atomic E-state index is 0.187. The molecule has 1 aliphatic heterocycles. The van der Waals surface area contributed by atoms with Crippen LogP contribution in [-0.4, -0.2) is 52.8 Å². The van der Waals surface area contributed by atoms with Crippen LogP contribution in [0.1, 0.15) is 24.4 Å². The van der Waals surface area contributed by atoms with Crippen molar-refractivity contribution in [3.8, 4) is 23.0 Å². The lowest BCUT2D eigenvalue weighted by molar-refractivity contribution is -0.0440. The first-order valence-electron chi connectivity index (χ1n) is 13.2. The van der Waals surface area contributed by atoms with Gasteiger partial charge in [0.2, 0.25) is 10.0 Å². The van der Waals surface area contributed by atoms with Gasteiger partial charge in [-0.1, -0.05) is 42.5 Å². The Bertz CT molecular complexity index is 1860. The normalized spacial score (nSPS) is 18.4. The van der Waals surface area contributed by atoms with E-state index < -0.39 is 10.0 Å². The van der Waals surface area contributed by atoms with E-state index in [4.69, 9.17) is 9.84 Å². The van der Waals surface area contributed by atoms with Gasteiger partial charge in [0.1, 0.15) is 16.8 Å². The number of hydrogen-bond acceptors (Lipinski definition) is 7. The first-order chi connectivity index (χ1) is 19.8. The van der Waals surface area contributed by atoms with E-state index in [1.54, 1.807) is 29.0 Å². The van der Waals surface area contributed by atoms with Crippen LogP contribution in [0.2, 0.25) is 0 Å². The molecule has 0 spiro atoms. The standard InChI is InChI=1S/C31H27N5O3S2/c1-21-18-35(19-22(2)39-21)41(37,38)27-12-8-9-23(16-27)30-25(20-36(34-30)26-10-4-3-5-11-26)15-24(17-32)31-33-28-13-6-7-14-29(28)40-31/h3-16,20-22H,18-19H2,1-2H3/b24-15-/t21-,22+. The lowest BCUT2D eigenvalue weighted by Gasteiger charge is -2.34. The number of benzene rings is 3. The Morgan fingerprint density at radius 2 is 1.76 bits per heavy atom. The van der Waals surface area contributed by atoms with E-state index in [9.17, 15) is 13.7 Å². The summed E-state index contributed by atoms with van der Waals surface area (Å²) in [5.74, 6) is 0. The summed E-state index contributed by atoms with van der Waals surface area (Å²) in [5, 5.41) is 15.6. The molecule has 0 unspecified atom stereocenters. The van der Waals surface area contributed by atoms with Gasteiger partial charge in [-0.3, -0.25) is 0 Å². The minimum Gasteiger partial charge on any atom is -0.373 e. The number of ether oxygens (including phenoxy) is 1. The zero-order valence-electron chi connectivity index (χ0n) is 22.5. The maximum atomic E-state index is 13.7. The molecule has 1 saturated heterocycles. The van der Waals surface area contributed by atoms with Gasteiger partial charge in [0, 0.05) is 30.4 Å². The minimum atomic E-state index is -3.76. The molecule has 0 N–H and O–H groups in total. The Hall–Kier alpha value is -4.14. The number of aromatic nitrogens is 3. The third kappa shape index (κ3) is 5.45. The SMILES string of the molecule is C[C@@H]1CN(S(=O)(=O)c2cccc(-c3nn(-c4ccccc4)cc3/C=C(/C#N)c3nc4ccccc4s3)c2)C[C@H](C)O1. The first kappa shape index (κ1) is 27.1. The van der Waals surface area contributed by atoms with E-state index in [-0.39, 0.29) is 17.1 Å². The third-order valence-electron chi connectivity index (χ3n) is 6.84. The van der Waals surface area contributed by atoms with Crippen LogP contribution in [0.15, 0.2) is 90.0 Å². The highest BCUT2D eigenvalue weighted by Crippen LogP contribution is 2.32. The second-order valence-corrected chi connectivity index (χ2v) is 12.9. The number of morpholine rings is 1. The van der Waals surface area contributed by atoms with E-state index in [0.717, 1.165) is 15.9 Å². The second-order valence-electron chi connectivity index (χ2n) is 9.98. The van der Waals surface area contributed by atoms with Crippen LogP contribution in [0.3, 0.4) is 0 Å². The van der Waals surface area contributed by atoms with E-state index in [2.05, 4.69) is 11.1 Å². The number of para-hydroxylation sites is 2. The average molecular weight is 582 g/mol. The molecule has 3 aromatic carbocycles. The molecular weight excluding hydrogens is 555 g/mol. The summed E-state index contributed by atoms with van der Waals surface area (Å²) in [4.78, 5) is 4.85. The van der Waals surface area contributed by atoms with Gasteiger partial charge in [0.15, 0.2) is 0 Å². The lowest BCUT2D eigenvalue weighted by Crippen LogP contribution is -2.48. The Labute approximate surface area is 242 Å². The molecule has 0 radical (unpaired) electrons. The van der Waals surface area contributed by atoms with Crippen molar-refractivity contribution in [2.45, 2.75) is 31.0 Å². The van der Waals surface area contributed by atoms with Crippen LogP contribution >= 0.6 is 11.3 Å². The van der Waals surface area contributed by atoms with Crippen molar-refractivity contribution in [2.75, 3.05) is 13.1 Å². The molecule has 1 aliphatic rings. The summed E-state index contributed by atoms with van der Waals surface area (Å²) >= 11 is 1.45. The average Bonchev–Trinajstić information content (AvgIpc) is 3.60. The van der Waals surface area contributed by atoms with Crippen LogP contribution < -0.4 is 0 Å². The number of nitriles is 1. The molecule has 1 fully saturated rings. The summed E-state index contributed by atoms with van der Waals surface area (Å²) in [6, 6.07) is 26.5. The molecule has 0 bridgehead atoms. The van der Waals surface area contributed by atoms with Gasteiger partial charge < -0.3 is 4.74 Å². The molecule has 0 saturated carbocycles. The maximum Gasteiger partial charge on any atom is 0.243 e. The topological polar surface area (TPSA) is 101 Å². The predicted molar refractivity (Wildman–Crippen MR) is 161 cm³/mol. The van der Waals surface area contributed by atoms with E-state index in [1.165, 1.54) is 15.6 Å². The number of rotatable bonds is 6. The van der Waals surface area contributed by atoms with Gasteiger partial charge in [-0.2, -0.15) is 14.7 Å². The Morgan fingerprint density at radius 3 is 2.49 bits per heavy atom. The molecule has 3 heterocycles. The molecule has 41 heavy (non-hydrogen) atoms. The summed E-state index contributed by atoms with van der Waals surface area (Å²) in [6.45, 7) is 4.34. The molecule has 0 amide bonds. The van der Waals surface area contributed by atoms with Crippen LogP contribution in [-0.2, 0) is 14.8 Å². The number of thiazole rings is 1. The summed E-state index contributed by atoms with van der Waals surface area (Å²) in [5.41, 5.74) is 3.94. The molecule has 8 nitrogen and oxygen atoms in total. The van der Waals surface area contributed by atoms with Crippen molar-refractivity contribution in [3.05, 3.63) is 95.6 Å². The van der Waals surface area contributed by atoms with Crippen LogP contribution in [0.5, 0.6) is 0 Å². The van der Waals surface area contributed by atoms with Crippen molar-refractivity contribution in [2.24, 2.45) is 0 Å². The largest absolute Gasteiger partial charge is 0.373 e. The number of nitrogens with zero attached hydrogens (tertiary/aromatic N) is 5. The van der Waals surface area contributed by atoms with Gasteiger partial charge >= 0.3 is 0 Å². The Kier molecular flexibility index (Phi) is 7.28. The molecule has 10 heteroatoms. The van der Waals surface area contributed by atoms with Gasteiger partial charge in [0.25, 0.3) is 0 Å². The van der Waals surface area contributed by atoms with Gasteiger partial charge in [-0.25, -0.2) is 18.1 Å². The number of allylic oxidation sites excluding steroid dienone is 1. The number of sulfonamides is 1. The van der Waals surface area contributed by atoms with Gasteiger partial charge in [-0.15, -0.1) is 11.3 Å². The van der Waals surface area contributed by atoms with E-state index in [1.807, 2.05) is 80.7 Å². The highest BCUT2D eigenvalue weighted by atomic mass is 32.2. The molecule has 6 rings (SSSR count). The zero-order chi connectivity index (χ0) is 28.6. The van der Waals surface area contributed by atoms with Crippen LogP contribution in [0, 0.1) is 11.3 Å². The lowest BCUT2D eigenvalue weighted by atomic mass is 10.1. The number of hydrogen-bond donors (Lipinski definition) is 0. The highest BCUT2D eigenvalue weighted by molar-refractivity contribution is 7.89. The molecule has 0 aliphatic carbocycles. The van der Waals surface area contributed by atoms with E-state index in [0.29, 0.717) is 40.5 Å². The van der Waals surface area contributed by atoms with Gasteiger partial charge in [0.05, 0.1) is 38.6 Å². The van der Waals surface area contributed by atoms with Crippen molar-refractivity contribution in [1.82, 2.24) is 19.1 Å². The second kappa shape index (κ2) is 11.0. The molecular formula is C31H27N5O3S2. The van der Waals surface area contributed by atoms with Crippen molar-refractivity contribution in [3.63, 3.8) is 0 Å². The fraction of sp³-hybridized carbons (Fsp3) is 0.194. The smallest absolute Gasteiger partial charge is 0.243 e. The van der Waals surface area contributed by atoms with Crippen molar-refractivity contribution in [1.29, 1.82) is 5.26 Å². The quantitative estimate of drug-likeness (QED) is 0.228. The molecule has 2 atom stereocenters. The van der Waals surface area contributed by atoms with Crippen LogP contribution in [0.25, 0.3) is 38.8 Å². The predicted octanol–water partition coefficient (Wildman–Crippen LogP) is 6.01. The maximum absolute atomic E-state index is 13.7. The summed E-state index contributed by atoms with van der Waals surface area (Å²) in [6.07, 6.45) is 3.23. The monoisotopic (exact) mass is 581 g/mol. The highest BCUT2D eigenvalue weighted by Gasteiger charge is 2.32.